The zero-order valence-electron chi connectivity index (χ0n) is 8.01. The van der Waals surface area contributed by atoms with Gasteiger partial charge >= 0.3 is 0 Å². The fourth-order valence-corrected chi connectivity index (χ4v) is 1.13. The van der Waals surface area contributed by atoms with Crippen molar-refractivity contribution in [3.8, 4) is 5.75 Å². The molecule has 14 heavy (non-hydrogen) atoms. The standard InChI is InChI=1S/C10H13ClN2O/c1-7(11)6-13-8-4-3-5-9(14-2)10(8)12/h3-5,13H,1,6,12H2,2H3. The zero-order chi connectivity index (χ0) is 10.6. The van der Waals surface area contributed by atoms with Crippen molar-refractivity contribution in [1.82, 2.24) is 0 Å². The summed E-state index contributed by atoms with van der Waals surface area (Å²) in [5.41, 5.74) is 7.19. The van der Waals surface area contributed by atoms with Crippen molar-refractivity contribution in [2.45, 2.75) is 0 Å². The molecule has 4 heteroatoms. The lowest BCUT2D eigenvalue weighted by Gasteiger charge is -2.11. The molecule has 0 aliphatic carbocycles. The molecule has 0 amide bonds. The van der Waals surface area contributed by atoms with E-state index in [9.17, 15) is 0 Å². The molecule has 0 radical (unpaired) electrons. The van der Waals surface area contributed by atoms with E-state index in [4.69, 9.17) is 22.1 Å². The molecule has 76 valence electrons. The lowest BCUT2D eigenvalue weighted by molar-refractivity contribution is 0.417. The second-order valence-corrected chi connectivity index (χ2v) is 3.33. The Balaban J connectivity index is 2.81. The summed E-state index contributed by atoms with van der Waals surface area (Å²) >= 11 is 5.62. The van der Waals surface area contributed by atoms with Crippen LogP contribution >= 0.6 is 11.6 Å². The molecule has 0 aliphatic heterocycles. The average molecular weight is 213 g/mol. The van der Waals surface area contributed by atoms with Crippen LogP contribution in [0.3, 0.4) is 0 Å². The quantitative estimate of drug-likeness (QED) is 0.754. The van der Waals surface area contributed by atoms with Crippen LogP contribution in [-0.2, 0) is 0 Å². The molecule has 1 aromatic rings. The van der Waals surface area contributed by atoms with E-state index >= 15 is 0 Å². The smallest absolute Gasteiger partial charge is 0.143 e. The number of halogens is 1. The van der Waals surface area contributed by atoms with Crippen LogP contribution in [0.5, 0.6) is 5.75 Å². The number of ether oxygens (including phenoxy) is 1. The second-order valence-electron chi connectivity index (χ2n) is 2.79. The first-order chi connectivity index (χ1) is 6.65. The molecule has 0 saturated carbocycles. The number of rotatable bonds is 4. The first-order valence-electron chi connectivity index (χ1n) is 4.14. The van der Waals surface area contributed by atoms with Crippen molar-refractivity contribution in [2.24, 2.45) is 0 Å². The predicted molar refractivity (Wildman–Crippen MR) is 60.9 cm³/mol. The van der Waals surface area contributed by atoms with Gasteiger partial charge in [0.1, 0.15) is 5.75 Å². The minimum absolute atomic E-state index is 0.485. The molecule has 0 unspecified atom stereocenters. The van der Waals surface area contributed by atoms with Crippen LogP contribution in [-0.4, -0.2) is 13.7 Å². The van der Waals surface area contributed by atoms with Gasteiger partial charge in [-0.1, -0.05) is 24.2 Å². The molecule has 0 heterocycles. The third-order valence-corrected chi connectivity index (χ3v) is 1.89. The molecule has 3 N–H and O–H groups in total. The number of anilines is 2. The van der Waals surface area contributed by atoms with Gasteiger partial charge in [-0.25, -0.2) is 0 Å². The highest BCUT2D eigenvalue weighted by Crippen LogP contribution is 2.28. The van der Waals surface area contributed by atoms with Gasteiger partial charge < -0.3 is 15.8 Å². The Kier molecular flexibility index (Phi) is 3.65. The number of methoxy groups -OCH3 is 1. The summed E-state index contributed by atoms with van der Waals surface area (Å²) in [6.45, 7) is 4.06. The first kappa shape index (κ1) is 10.7. The largest absolute Gasteiger partial charge is 0.495 e. The average Bonchev–Trinajstić information content (AvgIpc) is 2.16. The van der Waals surface area contributed by atoms with E-state index < -0.39 is 0 Å². The van der Waals surface area contributed by atoms with E-state index in [1.54, 1.807) is 13.2 Å². The lowest BCUT2D eigenvalue weighted by atomic mass is 10.2. The van der Waals surface area contributed by atoms with Crippen LogP contribution in [0, 0.1) is 0 Å². The Labute approximate surface area is 88.5 Å². The second kappa shape index (κ2) is 4.77. The molecule has 0 bridgehead atoms. The molecular formula is C10H13ClN2O. The van der Waals surface area contributed by atoms with Gasteiger partial charge in [-0.15, -0.1) is 0 Å². The fourth-order valence-electron chi connectivity index (χ4n) is 1.07. The molecule has 0 aliphatic rings. The lowest BCUT2D eigenvalue weighted by Crippen LogP contribution is -2.04. The minimum atomic E-state index is 0.485. The summed E-state index contributed by atoms with van der Waals surface area (Å²) in [5, 5.41) is 3.59. The van der Waals surface area contributed by atoms with Crippen molar-refractivity contribution in [3.05, 3.63) is 29.8 Å². The monoisotopic (exact) mass is 212 g/mol. The minimum Gasteiger partial charge on any atom is -0.495 e. The summed E-state index contributed by atoms with van der Waals surface area (Å²) in [6, 6.07) is 5.52. The van der Waals surface area contributed by atoms with Gasteiger partial charge in [0.15, 0.2) is 0 Å². The summed E-state index contributed by atoms with van der Waals surface area (Å²) in [4.78, 5) is 0. The maximum atomic E-state index is 5.82. The van der Waals surface area contributed by atoms with Gasteiger partial charge in [-0.2, -0.15) is 0 Å². The van der Waals surface area contributed by atoms with Crippen LogP contribution in [0.4, 0.5) is 11.4 Å². The van der Waals surface area contributed by atoms with Gasteiger partial charge in [0.25, 0.3) is 0 Å². The van der Waals surface area contributed by atoms with E-state index in [0.29, 0.717) is 23.0 Å². The Morgan fingerprint density at radius 3 is 2.93 bits per heavy atom. The zero-order valence-corrected chi connectivity index (χ0v) is 8.77. The Morgan fingerprint density at radius 2 is 2.36 bits per heavy atom. The highest BCUT2D eigenvalue weighted by Gasteiger charge is 2.03. The number of nitrogens with one attached hydrogen (secondary N) is 1. The predicted octanol–water partition coefficient (Wildman–Crippen LogP) is 2.44. The van der Waals surface area contributed by atoms with Crippen molar-refractivity contribution in [3.63, 3.8) is 0 Å². The molecule has 1 rings (SSSR count). The van der Waals surface area contributed by atoms with Crippen molar-refractivity contribution in [1.29, 1.82) is 0 Å². The molecule has 0 fully saturated rings. The van der Waals surface area contributed by atoms with Crippen LogP contribution < -0.4 is 15.8 Å². The number of nitrogen functional groups attached to an aromatic ring is 1. The van der Waals surface area contributed by atoms with E-state index in [1.807, 2.05) is 12.1 Å². The summed E-state index contributed by atoms with van der Waals surface area (Å²) in [6.07, 6.45) is 0. The van der Waals surface area contributed by atoms with Crippen molar-refractivity contribution >= 4 is 23.0 Å². The Morgan fingerprint density at radius 1 is 1.64 bits per heavy atom. The molecule has 3 nitrogen and oxygen atoms in total. The number of benzene rings is 1. The maximum Gasteiger partial charge on any atom is 0.143 e. The topological polar surface area (TPSA) is 47.3 Å². The maximum absolute atomic E-state index is 5.82. The van der Waals surface area contributed by atoms with Crippen LogP contribution in [0.25, 0.3) is 0 Å². The highest BCUT2D eigenvalue weighted by molar-refractivity contribution is 6.29. The van der Waals surface area contributed by atoms with E-state index in [-0.39, 0.29) is 0 Å². The van der Waals surface area contributed by atoms with Crippen LogP contribution in [0.1, 0.15) is 0 Å². The Bertz CT molecular complexity index is 339. The summed E-state index contributed by atoms with van der Waals surface area (Å²) in [5.74, 6) is 0.648. The van der Waals surface area contributed by atoms with Crippen LogP contribution in [0.2, 0.25) is 0 Å². The first-order valence-corrected chi connectivity index (χ1v) is 4.52. The van der Waals surface area contributed by atoms with Crippen molar-refractivity contribution in [2.75, 3.05) is 24.7 Å². The van der Waals surface area contributed by atoms with E-state index in [0.717, 1.165) is 5.69 Å². The summed E-state index contributed by atoms with van der Waals surface area (Å²) in [7, 11) is 1.58. The number of hydrogen-bond acceptors (Lipinski definition) is 3. The van der Waals surface area contributed by atoms with Gasteiger partial charge in [-0.3, -0.25) is 0 Å². The van der Waals surface area contributed by atoms with E-state index in [2.05, 4.69) is 11.9 Å². The third-order valence-electron chi connectivity index (χ3n) is 1.76. The normalized spacial score (nSPS) is 9.57. The number of nitrogens with two attached hydrogens (primary N) is 1. The van der Waals surface area contributed by atoms with Gasteiger partial charge in [0.2, 0.25) is 0 Å². The molecule has 0 atom stereocenters. The van der Waals surface area contributed by atoms with E-state index in [1.165, 1.54) is 0 Å². The van der Waals surface area contributed by atoms with Gasteiger partial charge in [-0.05, 0) is 12.1 Å². The molecule has 0 saturated heterocycles. The number of para-hydroxylation sites is 1. The molecule has 1 aromatic carbocycles. The fraction of sp³-hybridized carbons (Fsp3) is 0.200. The summed E-state index contributed by atoms with van der Waals surface area (Å²) < 4.78 is 5.07. The molecule has 0 spiro atoms. The molecular weight excluding hydrogens is 200 g/mol. The van der Waals surface area contributed by atoms with Gasteiger partial charge in [0, 0.05) is 5.03 Å². The molecule has 0 aromatic heterocycles. The van der Waals surface area contributed by atoms with Crippen LogP contribution in [0.15, 0.2) is 29.8 Å². The number of hydrogen-bond donors (Lipinski definition) is 2. The Hall–Kier alpha value is -1.35. The van der Waals surface area contributed by atoms with Crippen molar-refractivity contribution < 1.29 is 4.74 Å². The SMILES string of the molecule is C=C(Cl)CNc1cccc(OC)c1N. The van der Waals surface area contributed by atoms with Gasteiger partial charge in [0.05, 0.1) is 25.0 Å². The highest BCUT2D eigenvalue weighted by atomic mass is 35.5. The third kappa shape index (κ3) is 2.57.